The highest BCUT2D eigenvalue weighted by molar-refractivity contribution is 5.35. The molecular weight excluding hydrogens is 236 g/mol. The molecule has 0 amide bonds. The second-order valence-electron chi connectivity index (χ2n) is 5.81. The minimum Gasteiger partial charge on any atom is -0.396 e. The fourth-order valence-corrected chi connectivity index (χ4v) is 2.52. The average Bonchev–Trinajstić information content (AvgIpc) is 3.28. The van der Waals surface area contributed by atoms with E-state index in [2.05, 4.69) is 43.4 Å². The summed E-state index contributed by atoms with van der Waals surface area (Å²) in [6, 6.07) is 9.06. The van der Waals surface area contributed by atoms with E-state index in [4.69, 9.17) is 5.73 Å². The maximum absolute atomic E-state index is 9.24. The molecule has 1 fully saturated rings. The van der Waals surface area contributed by atoms with Gasteiger partial charge in [-0.1, -0.05) is 31.2 Å². The van der Waals surface area contributed by atoms with Crippen LogP contribution in [-0.2, 0) is 0 Å². The van der Waals surface area contributed by atoms with Crippen molar-refractivity contribution in [1.29, 1.82) is 0 Å². The monoisotopic (exact) mass is 262 g/mol. The smallest absolute Gasteiger partial charge is 0.0471 e. The lowest BCUT2D eigenvalue weighted by Gasteiger charge is -2.27. The lowest BCUT2D eigenvalue weighted by Crippen LogP contribution is -2.40. The predicted octanol–water partition coefficient (Wildman–Crippen LogP) is 2.17. The summed E-state index contributed by atoms with van der Waals surface area (Å²) >= 11 is 0. The summed E-state index contributed by atoms with van der Waals surface area (Å²) in [4.78, 5) is 0. The van der Waals surface area contributed by atoms with Gasteiger partial charge >= 0.3 is 0 Å². The average molecular weight is 262 g/mol. The fourth-order valence-electron chi connectivity index (χ4n) is 2.52. The van der Waals surface area contributed by atoms with Crippen LogP contribution in [0.3, 0.4) is 0 Å². The highest BCUT2D eigenvalue weighted by Crippen LogP contribution is 2.42. The Morgan fingerprint density at radius 3 is 2.58 bits per heavy atom. The van der Waals surface area contributed by atoms with Gasteiger partial charge in [-0.2, -0.15) is 0 Å². The highest BCUT2D eigenvalue weighted by atomic mass is 16.3. The topological polar surface area (TPSA) is 58.3 Å². The Bertz CT molecular complexity index is 403. The molecule has 1 aromatic carbocycles. The summed E-state index contributed by atoms with van der Waals surface area (Å²) in [6.45, 7) is 4.96. The molecule has 3 nitrogen and oxygen atoms in total. The summed E-state index contributed by atoms with van der Waals surface area (Å²) in [5.74, 6) is 0.972. The summed E-state index contributed by atoms with van der Waals surface area (Å²) in [6.07, 6.45) is 2.60. The van der Waals surface area contributed by atoms with Crippen LogP contribution < -0.4 is 11.1 Å². The fraction of sp³-hybridized carbons (Fsp3) is 0.625. The van der Waals surface area contributed by atoms with Crippen LogP contribution in [0.25, 0.3) is 0 Å². The van der Waals surface area contributed by atoms with E-state index in [0.29, 0.717) is 6.54 Å². The van der Waals surface area contributed by atoms with E-state index < -0.39 is 0 Å². The molecule has 0 aliphatic heterocycles. The number of nitrogens with one attached hydrogen (secondary N) is 1. The first kappa shape index (κ1) is 14.5. The Morgan fingerprint density at radius 2 is 2.00 bits per heavy atom. The number of hydrogen-bond donors (Lipinski definition) is 3. The summed E-state index contributed by atoms with van der Waals surface area (Å²) in [5, 5.41) is 12.8. The van der Waals surface area contributed by atoms with Crippen LogP contribution in [0.4, 0.5) is 0 Å². The third-order valence-electron chi connectivity index (χ3n) is 4.23. The van der Waals surface area contributed by atoms with Crippen molar-refractivity contribution in [2.45, 2.75) is 44.7 Å². The second-order valence-corrected chi connectivity index (χ2v) is 5.81. The Kier molecular flexibility index (Phi) is 4.97. The van der Waals surface area contributed by atoms with Crippen molar-refractivity contribution >= 4 is 0 Å². The Hall–Kier alpha value is -0.900. The maximum Gasteiger partial charge on any atom is 0.0471 e. The van der Waals surface area contributed by atoms with Crippen LogP contribution >= 0.6 is 0 Å². The van der Waals surface area contributed by atoms with Gasteiger partial charge in [-0.05, 0) is 42.7 Å². The van der Waals surface area contributed by atoms with Gasteiger partial charge in [0.2, 0.25) is 0 Å². The molecular formula is C16H26N2O. The Morgan fingerprint density at radius 1 is 1.32 bits per heavy atom. The van der Waals surface area contributed by atoms with Crippen molar-refractivity contribution in [3.05, 3.63) is 35.4 Å². The predicted molar refractivity (Wildman–Crippen MR) is 79.1 cm³/mol. The van der Waals surface area contributed by atoms with Gasteiger partial charge in [0.05, 0.1) is 0 Å². The van der Waals surface area contributed by atoms with Gasteiger partial charge in [-0.25, -0.2) is 0 Å². The van der Waals surface area contributed by atoms with Gasteiger partial charge in [0.15, 0.2) is 0 Å². The summed E-state index contributed by atoms with van der Waals surface area (Å²) in [7, 11) is 0. The molecule has 3 heteroatoms. The molecule has 19 heavy (non-hydrogen) atoms. The molecule has 3 unspecified atom stereocenters. The van der Waals surface area contributed by atoms with Crippen molar-refractivity contribution in [1.82, 2.24) is 5.32 Å². The van der Waals surface area contributed by atoms with Crippen molar-refractivity contribution in [2.75, 3.05) is 13.2 Å². The lowest BCUT2D eigenvalue weighted by molar-refractivity contribution is 0.201. The van der Waals surface area contributed by atoms with E-state index in [1.165, 1.54) is 24.0 Å². The van der Waals surface area contributed by atoms with E-state index >= 15 is 0 Å². The molecule has 0 radical (unpaired) electrons. The summed E-state index contributed by atoms with van der Waals surface area (Å²) in [5.41, 5.74) is 8.75. The number of benzene rings is 1. The molecule has 2 rings (SSSR count). The van der Waals surface area contributed by atoms with Gasteiger partial charge in [0.25, 0.3) is 0 Å². The molecule has 1 saturated carbocycles. The lowest BCUT2D eigenvalue weighted by atomic mass is 9.95. The van der Waals surface area contributed by atoms with Crippen LogP contribution in [0.2, 0.25) is 0 Å². The second kappa shape index (κ2) is 6.51. The first-order valence-electron chi connectivity index (χ1n) is 7.33. The minimum atomic E-state index is 0.181. The zero-order valence-corrected chi connectivity index (χ0v) is 12.0. The molecule has 3 atom stereocenters. The summed E-state index contributed by atoms with van der Waals surface area (Å²) < 4.78 is 0. The number of hydrogen-bond acceptors (Lipinski definition) is 3. The highest BCUT2D eigenvalue weighted by Gasteiger charge is 2.28. The van der Waals surface area contributed by atoms with Gasteiger partial charge in [0.1, 0.15) is 0 Å². The zero-order valence-electron chi connectivity index (χ0n) is 12.0. The number of nitrogens with two attached hydrogens (primary N) is 1. The van der Waals surface area contributed by atoms with Gasteiger partial charge in [0, 0.05) is 25.2 Å². The van der Waals surface area contributed by atoms with E-state index in [9.17, 15) is 5.11 Å². The molecule has 0 saturated heterocycles. The maximum atomic E-state index is 9.24. The molecule has 1 aliphatic carbocycles. The van der Waals surface area contributed by atoms with Gasteiger partial charge in [-0.15, -0.1) is 0 Å². The van der Waals surface area contributed by atoms with Gasteiger partial charge in [-0.3, -0.25) is 0 Å². The van der Waals surface area contributed by atoms with Crippen molar-refractivity contribution in [3.63, 3.8) is 0 Å². The molecule has 1 aliphatic rings. The van der Waals surface area contributed by atoms with Crippen molar-refractivity contribution in [2.24, 2.45) is 11.7 Å². The van der Waals surface area contributed by atoms with E-state index in [-0.39, 0.29) is 24.6 Å². The molecule has 0 heterocycles. The number of aliphatic hydroxyl groups excluding tert-OH is 1. The first-order valence-corrected chi connectivity index (χ1v) is 7.33. The number of rotatable bonds is 7. The first-order chi connectivity index (χ1) is 9.17. The Labute approximate surface area is 116 Å². The third kappa shape index (κ3) is 3.56. The van der Waals surface area contributed by atoms with E-state index in [1.54, 1.807) is 0 Å². The SMILES string of the molecule is CC(CO)C(C)NC(CN)c1ccccc1C1CC1. The van der Waals surface area contributed by atoms with Gasteiger partial charge < -0.3 is 16.2 Å². The van der Waals surface area contributed by atoms with E-state index in [1.807, 2.05) is 0 Å². The zero-order chi connectivity index (χ0) is 13.8. The van der Waals surface area contributed by atoms with E-state index in [0.717, 1.165) is 5.92 Å². The van der Waals surface area contributed by atoms with Crippen molar-refractivity contribution < 1.29 is 5.11 Å². The molecule has 0 spiro atoms. The molecule has 0 bridgehead atoms. The van der Waals surface area contributed by atoms with Crippen LogP contribution in [0, 0.1) is 5.92 Å². The van der Waals surface area contributed by atoms with Crippen LogP contribution in [0.5, 0.6) is 0 Å². The molecule has 1 aromatic rings. The molecule has 0 aromatic heterocycles. The third-order valence-corrected chi connectivity index (χ3v) is 4.23. The van der Waals surface area contributed by atoms with Crippen LogP contribution in [-0.4, -0.2) is 24.3 Å². The van der Waals surface area contributed by atoms with Crippen LogP contribution in [0.15, 0.2) is 24.3 Å². The Balaban J connectivity index is 2.13. The largest absolute Gasteiger partial charge is 0.396 e. The number of aliphatic hydroxyl groups is 1. The van der Waals surface area contributed by atoms with Crippen LogP contribution in [0.1, 0.15) is 49.8 Å². The normalized spacial score (nSPS) is 20.0. The molecule has 4 N–H and O–H groups in total. The van der Waals surface area contributed by atoms with Crippen molar-refractivity contribution in [3.8, 4) is 0 Å². The standard InChI is InChI=1S/C16H26N2O/c1-11(10-19)12(2)18-16(9-17)15-6-4-3-5-14(15)13-7-8-13/h3-6,11-13,16,18-19H,7-10,17H2,1-2H3. The minimum absolute atomic E-state index is 0.181. The molecule has 106 valence electrons. The quantitative estimate of drug-likeness (QED) is 0.706.